The van der Waals surface area contributed by atoms with Crippen molar-refractivity contribution >= 4 is 29.3 Å². The van der Waals surface area contributed by atoms with E-state index in [9.17, 15) is 14.4 Å². The molecule has 0 radical (unpaired) electrons. The molecule has 6 nitrogen and oxygen atoms in total. The third-order valence-corrected chi connectivity index (χ3v) is 5.38. The summed E-state index contributed by atoms with van der Waals surface area (Å²) in [6.07, 6.45) is 3.27. The molecule has 7 heteroatoms. The van der Waals surface area contributed by atoms with E-state index in [1.807, 2.05) is 4.90 Å². The van der Waals surface area contributed by atoms with E-state index in [2.05, 4.69) is 13.8 Å². The summed E-state index contributed by atoms with van der Waals surface area (Å²) in [4.78, 5) is 42.8. The highest BCUT2D eigenvalue weighted by Crippen LogP contribution is 2.14. The van der Waals surface area contributed by atoms with Gasteiger partial charge in [0.2, 0.25) is 11.8 Å². The molecule has 0 aromatic heterocycles. The third kappa shape index (κ3) is 7.03. The first-order valence-corrected chi connectivity index (χ1v) is 10.9. The highest BCUT2D eigenvalue weighted by Gasteiger charge is 2.24. The average Bonchev–Trinajstić information content (AvgIpc) is 2.73. The maximum Gasteiger partial charge on any atom is 0.253 e. The molecule has 29 heavy (non-hydrogen) atoms. The van der Waals surface area contributed by atoms with Gasteiger partial charge in [-0.05, 0) is 43.5 Å². The van der Waals surface area contributed by atoms with Crippen LogP contribution < -0.4 is 0 Å². The number of benzene rings is 1. The smallest absolute Gasteiger partial charge is 0.253 e. The van der Waals surface area contributed by atoms with Crippen LogP contribution in [0.3, 0.4) is 0 Å². The van der Waals surface area contributed by atoms with Crippen molar-refractivity contribution in [2.45, 2.75) is 46.0 Å². The molecular weight excluding hydrogens is 390 g/mol. The van der Waals surface area contributed by atoms with E-state index in [4.69, 9.17) is 11.6 Å². The minimum Gasteiger partial charge on any atom is -0.343 e. The van der Waals surface area contributed by atoms with Crippen LogP contribution in [0.15, 0.2) is 24.3 Å². The molecule has 0 aliphatic carbocycles. The van der Waals surface area contributed by atoms with E-state index in [-0.39, 0.29) is 17.7 Å². The summed E-state index contributed by atoms with van der Waals surface area (Å²) in [6.45, 7) is 7.80. The Labute approximate surface area is 178 Å². The molecule has 0 unspecified atom stereocenters. The predicted molar refractivity (Wildman–Crippen MR) is 115 cm³/mol. The Balaban J connectivity index is 1.73. The molecule has 1 aliphatic rings. The molecule has 1 saturated heterocycles. The maximum atomic E-state index is 12.5. The van der Waals surface area contributed by atoms with Gasteiger partial charge in [-0.15, -0.1) is 0 Å². The summed E-state index contributed by atoms with van der Waals surface area (Å²) in [5, 5.41) is 0.600. The third-order valence-electron chi connectivity index (χ3n) is 5.13. The van der Waals surface area contributed by atoms with Crippen molar-refractivity contribution in [1.29, 1.82) is 0 Å². The summed E-state index contributed by atoms with van der Waals surface area (Å²) in [5.74, 6) is 0.167. The van der Waals surface area contributed by atoms with Crippen molar-refractivity contribution in [3.8, 4) is 0 Å². The molecule has 1 aliphatic heterocycles. The molecule has 1 aromatic carbocycles. The molecule has 0 spiro atoms. The van der Waals surface area contributed by atoms with Gasteiger partial charge in [0.05, 0.1) is 0 Å². The van der Waals surface area contributed by atoms with Crippen molar-refractivity contribution in [3.63, 3.8) is 0 Å². The molecule has 0 atom stereocenters. The van der Waals surface area contributed by atoms with Crippen LogP contribution in [0.2, 0.25) is 5.02 Å². The Bertz CT molecular complexity index is 679. The van der Waals surface area contributed by atoms with E-state index < -0.39 is 0 Å². The van der Waals surface area contributed by atoms with Crippen LogP contribution in [0.1, 0.15) is 56.3 Å². The van der Waals surface area contributed by atoms with Crippen molar-refractivity contribution < 1.29 is 14.4 Å². The van der Waals surface area contributed by atoms with Gasteiger partial charge in [-0.2, -0.15) is 0 Å². The second-order valence-electron chi connectivity index (χ2n) is 7.41. The monoisotopic (exact) mass is 421 g/mol. The maximum absolute atomic E-state index is 12.5. The number of amides is 3. The summed E-state index contributed by atoms with van der Waals surface area (Å²) >= 11 is 5.87. The van der Waals surface area contributed by atoms with E-state index in [0.29, 0.717) is 56.0 Å². The molecular formula is C22H32ClN3O3. The minimum atomic E-state index is -0.0358. The lowest BCUT2D eigenvalue weighted by Crippen LogP contribution is -2.50. The van der Waals surface area contributed by atoms with Gasteiger partial charge in [0.15, 0.2) is 0 Å². The van der Waals surface area contributed by atoms with Gasteiger partial charge in [-0.25, -0.2) is 0 Å². The fraction of sp³-hybridized carbons (Fsp3) is 0.591. The van der Waals surface area contributed by atoms with Gasteiger partial charge in [-0.3, -0.25) is 14.4 Å². The van der Waals surface area contributed by atoms with E-state index in [0.717, 1.165) is 25.9 Å². The van der Waals surface area contributed by atoms with E-state index in [1.165, 1.54) is 0 Å². The zero-order valence-corrected chi connectivity index (χ0v) is 18.3. The van der Waals surface area contributed by atoms with Crippen molar-refractivity contribution in [1.82, 2.24) is 14.7 Å². The van der Waals surface area contributed by atoms with Gasteiger partial charge < -0.3 is 14.7 Å². The SMILES string of the molecule is CCCN(CCC)C(=O)CCCC(=O)N1CCN(C(=O)c2ccc(Cl)cc2)CC1. The zero-order chi connectivity index (χ0) is 21.2. The first-order valence-electron chi connectivity index (χ1n) is 10.6. The number of piperazine rings is 1. The molecule has 2 rings (SSSR count). The van der Waals surface area contributed by atoms with Gasteiger partial charge in [0.25, 0.3) is 5.91 Å². The van der Waals surface area contributed by atoms with Crippen LogP contribution in [0.4, 0.5) is 0 Å². The van der Waals surface area contributed by atoms with Gasteiger partial charge >= 0.3 is 0 Å². The average molecular weight is 422 g/mol. The van der Waals surface area contributed by atoms with E-state index >= 15 is 0 Å². The highest BCUT2D eigenvalue weighted by atomic mass is 35.5. The van der Waals surface area contributed by atoms with Gasteiger partial charge in [0, 0.05) is 62.7 Å². The minimum absolute atomic E-state index is 0.0358. The Kier molecular flexibility index (Phi) is 9.45. The summed E-state index contributed by atoms with van der Waals surface area (Å²) in [5.41, 5.74) is 0.608. The second kappa shape index (κ2) is 11.8. The standard InChI is InChI=1S/C22H32ClN3O3/c1-3-12-24(13-4-2)20(27)6-5-7-21(28)25-14-16-26(17-15-25)22(29)18-8-10-19(23)11-9-18/h8-11H,3-7,12-17H2,1-2H3. The van der Waals surface area contributed by atoms with Crippen LogP contribution in [0, 0.1) is 0 Å². The number of hydrogen-bond donors (Lipinski definition) is 0. The molecule has 0 bridgehead atoms. The van der Waals surface area contributed by atoms with Crippen LogP contribution in [0.5, 0.6) is 0 Å². The quantitative estimate of drug-likeness (QED) is 0.613. The first kappa shape index (κ1) is 23.2. The predicted octanol–water partition coefficient (Wildman–Crippen LogP) is 3.44. The largest absolute Gasteiger partial charge is 0.343 e. The molecule has 0 saturated carbocycles. The zero-order valence-electron chi connectivity index (χ0n) is 17.5. The van der Waals surface area contributed by atoms with Crippen LogP contribution in [-0.4, -0.2) is 71.7 Å². The van der Waals surface area contributed by atoms with Crippen LogP contribution >= 0.6 is 11.6 Å². The molecule has 1 fully saturated rings. The molecule has 0 N–H and O–H groups in total. The van der Waals surface area contributed by atoms with Crippen LogP contribution in [-0.2, 0) is 9.59 Å². The summed E-state index contributed by atoms with van der Waals surface area (Å²) in [7, 11) is 0. The van der Waals surface area contributed by atoms with Gasteiger partial charge in [0.1, 0.15) is 0 Å². The number of hydrogen-bond acceptors (Lipinski definition) is 3. The number of carbonyl (C=O) groups excluding carboxylic acids is 3. The number of nitrogens with zero attached hydrogens (tertiary/aromatic N) is 3. The lowest BCUT2D eigenvalue weighted by atomic mass is 10.1. The molecule has 1 heterocycles. The lowest BCUT2D eigenvalue weighted by molar-refractivity contribution is -0.133. The van der Waals surface area contributed by atoms with E-state index in [1.54, 1.807) is 34.1 Å². The fourth-order valence-electron chi connectivity index (χ4n) is 3.54. The fourth-order valence-corrected chi connectivity index (χ4v) is 3.67. The lowest BCUT2D eigenvalue weighted by Gasteiger charge is -2.35. The molecule has 160 valence electrons. The first-order chi connectivity index (χ1) is 14.0. The number of carbonyl (C=O) groups is 3. The second-order valence-corrected chi connectivity index (χ2v) is 7.85. The van der Waals surface area contributed by atoms with Crippen molar-refractivity contribution in [2.24, 2.45) is 0 Å². The topological polar surface area (TPSA) is 60.9 Å². The Hall–Kier alpha value is -2.08. The van der Waals surface area contributed by atoms with Crippen molar-refractivity contribution in [2.75, 3.05) is 39.3 Å². The Morgan fingerprint density at radius 1 is 0.897 bits per heavy atom. The van der Waals surface area contributed by atoms with Crippen molar-refractivity contribution in [3.05, 3.63) is 34.9 Å². The van der Waals surface area contributed by atoms with Crippen LogP contribution in [0.25, 0.3) is 0 Å². The molecule has 1 aromatic rings. The number of rotatable bonds is 9. The highest BCUT2D eigenvalue weighted by molar-refractivity contribution is 6.30. The molecule has 3 amide bonds. The number of halogens is 1. The Morgan fingerprint density at radius 2 is 1.45 bits per heavy atom. The van der Waals surface area contributed by atoms with Gasteiger partial charge in [-0.1, -0.05) is 25.4 Å². The Morgan fingerprint density at radius 3 is 2.00 bits per heavy atom. The summed E-state index contributed by atoms with van der Waals surface area (Å²) in [6, 6.07) is 6.86. The normalized spacial score (nSPS) is 14.0. The summed E-state index contributed by atoms with van der Waals surface area (Å²) < 4.78 is 0.